The summed E-state index contributed by atoms with van der Waals surface area (Å²) in [4.78, 5) is 17.1. The molecule has 0 saturated carbocycles. The Morgan fingerprint density at radius 1 is 0.925 bits per heavy atom. The third-order valence-corrected chi connectivity index (χ3v) is 6.83. The van der Waals surface area contributed by atoms with E-state index in [4.69, 9.17) is 14.2 Å². The maximum Gasteiger partial charge on any atom is 1.00 e. The third kappa shape index (κ3) is 7.28. The maximum atomic E-state index is 13.5. The number of aliphatic hydroxyl groups excluding tert-OH is 1. The summed E-state index contributed by atoms with van der Waals surface area (Å²) < 4.78 is 46.6. The van der Waals surface area contributed by atoms with Crippen LogP contribution in [-0.2, 0) is 15.4 Å². The monoisotopic (exact) mass is 559 g/mol. The molecule has 0 aliphatic carbocycles. The third-order valence-electron chi connectivity index (χ3n) is 5.47. The van der Waals surface area contributed by atoms with E-state index in [0.29, 0.717) is 5.75 Å². The van der Waals surface area contributed by atoms with E-state index in [1.54, 1.807) is 42.5 Å². The zero-order chi connectivity index (χ0) is 28.0. The second-order valence-electron chi connectivity index (χ2n) is 9.31. The van der Waals surface area contributed by atoms with Gasteiger partial charge in [0.1, 0.15) is 6.61 Å². The van der Waals surface area contributed by atoms with Crippen LogP contribution in [0.5, 0.6) is 23.1 Å². The Labute approximate surface area is 246 Å². The van der Waals surface area contributed by atoms with E-state index in [-0.39, 0.29) is 78.7 Å². The molecule has 2 aromatic carbocycles. The van der Waals surface area contributed by atoms with E-state index in [1.807, 2.05) is 20.8 Å². The van der Waals surface area contributed by atoms with Crippen molar-refractivity contribution in [3.05, 3.63) is 72.6 Å². The molecule has 0 aliphatic rings. The molecule has 13 heteroatoms. The van der Waals surface area contributed by atoms with Gasteiger partial charge in [-0.1, -0.05) is 45.0 Å². The minimum absolute atomic E-state index is 0. The fourth-order valence-electron chi connectivity index (χ4n) is 3.48. The summed E-state index contributed by atoms with van der Waals surface area (Å²) in [5.74, 6) is 0.271. The maximum absolute atomic E-state index is 13.5. The number of aliphatic hydroxyl groups is 1. The molecule has 40 heavy (non-hydrogen) atoms. The number of methoxy groups -OCH3 is 1. The minimum atomic E-state index is -4.14. The van der Waals surface area contributed by atoms with Crippen LogP contribution in [0.2, 0.25) is 0 Å². The second kappa shape index (κ2) is 13.1. The van der Waals surface area contributed by atoms with Gasteiger partial charge in [-0.25, -0.2) is 23.4 Å². The first-order valence-electron chi connectivity index (χ1n) is 12.0. The topological polar surface area (TPSA) is 146 Å². The van der Waals surface area contributed by atoms with Crippen molar-refractivity contribution in [2.45, 2.75) is 31.1 Å². The molecule has 0 unspecified atom stereocenters. The molecule has 2 aromatic heterocycles. The van der Waals surface area contributed by atoms with Crippen molar-refractivity contribution in [3.63, 3.8) is 0 Å². The molecule has 0 aliphatic heterocycles. The van der Waals surface area contributed by atoms with Crippen LogP contribution in [-0.4, -0.2) is 53.8 Å². The van der Waals surface area contributed by atoms with E-state index in [0.717, 1.165) is 5.56 Å². The number of hydrogen-bond acceptors (Lipinski definition) is 10. The van der Waals surface area contributed by atoms with Gasteiger partial charge in [-0.05, 0) is 41.3 Å². The minimum Gasteiger partial charge on any atom is -1.00 e. The summed E-state index contributed by atoms with van der Waals surface area (Å²) in [6.07, 6.45) is 3.00. The van der Waals surface area contributed by atoms with Gasteiger partial charge in [-0.15, -0.1) is 0 Å². The van der Waals surface area contributed by atoms with Crippen molar-refractivity contribution >= 4 is 15.8 Å². The van der Waals surface area contributed by atoms with Gasteiger partial charge in [0.05, 0.1) is 18.6 Å². The predicted molar refractivity (Wildman–Crippen MR) is 146 cm³/mol. The quantitative estimate of drug-likeness (QED) is 0.273. The summed E-state index contributed by atoms with van der Waals surface area (Å²) in [7, 11) is -2.66. The van der Waals surface area contributed by atoms with Crippen LogP contribution in [0, 0.1) is 0 Å². The van der Waals surface area contributed by atoms with E-state index >= 15 is 0 Å². The van der Waals surface area contributed by atoms with Crippen molar-refractivity contribution in [1.29, 1.82) is 0 Å². The zero-order valence-corrected chi connectivity index (χ0v) is 23.8. The predicted octanol–water partition coefficient (Wildman–Crippen LogP) is 1.32. The molecule has 11 nitrogen and oxygen atoms in total. The first kappa shape index (κ1) is 30.8. The molecule has 206 valence electrons. The fraction of sp³-hybridized carbons (Fsp3) is 0.259. The SMILES string of the molecule is COc1ccccc1Oc1c(NS(=O)(=O)c2ccc(C(C)(C)C)cc2)nc(-c2ncccn2)nc1OCCO.[H-].[Li+]. The second-order valence-corrected chi connectivity index (χ2v) is 11.0. The molecule has 0 fully saturated rings. The fourth-order valence-corrected chi connectivity index (χ4v) is 4.48. The smallest absolute Gasteiger partial charge is 1.00 e. The first-order valence-corrected chi connectivity index (χ1v) is 13.5. The van der Waals surface area contributed by atoms with Gasteiger partial charge in [-0.2, -0.15) is 4.98 Å². The van der Waals surface area contributed by atoms with Crippen LogP contribution in [0.3, 0.4) is 0 Å². The van der Waals surface area contributed by atoms with Crippen LogP contribution in [0.15, 0.2) is 71.9 Å². The number of hydrogen-bond donors (Lipinski definition) is 2. The molecule has 2 heterocycles. The van der Waals surface area contributed by atoms with E-state index in [9.17, 15) is 13.5 Å². The first-order chi connectivity index (χ1) is 18.6. The number of rotatable bonds is 10. The number of aromatic nitrogens is 4. The van der Waals surface area contributed by atoms with Crippen LogP contribution in [0.1, 0.15) is 27.8 Å². The number of nitrogens with one attached hydrogen (secondary N) is 1. The zero-order valence-electron chi connectivity index (χ0n) is 24.0. The van der Waals surface area contributed by atoms with Crippen molar-refractivity contribution in [2.75, 3.05) is 25.0 Å². The number of para-hydroxylation sites is 2. The Morgan fingerprint density at radius 3 is 2.17 bits per heavy atom. The number of nitrogens with zero attached hydrogens (tertiary/aromatic N) is 4. The average Bonchev–Trinajstić information content (AvgIpc) is 2.93. The van der Waals surface area contributed by atoms with Gasteiger partial charge in [-0.3, -0.25) is 4.72 Å². The number of anilines is 1. The summed E-state index contributed by atoms with van der Waals surface area (Å²) in [6, 6.07) is 15.0. The molecule has 0 atom stereocenters. The standard InChI is InChI=1S/C27H29N5O6S.Li.H/c1-27(2,3)18-10-12-19(13-11-18)39(34,35)32-23-22(38-21-9-6-5-8-20(21)36-4)26(37-17-16-33)31-25(30-23)24-28-14-7-15-29-24;;/h5-15,33H,16-17H2,1-4H3,(H,30,31,32);;/q;+1;-1. The molecule has 0 spiro atoms. The summed E-state index contributed by atoms with van der Waals surface area (Å²) in [6.45, 7) is 5.65. The van der Waals surface area contributed by atoms with Crippen molar-refractivity contribution in [1.82, 2.24) is 19.9 Å². The summed E-state index contributed by atoms with van der Waals surface area (Å²) in [5.41, 5.74) is 0.827. The van der Waals surface area contributed by atoms with Crippen molar-refractivity contribution in [3.8, 4) is 34.8 Å². The molecule has 4 aromatic rings. The Hall–Kier alpha value is -3.69. The molecule has 0 amide bonds. The van der Waals surface area contributed by atoms with Gasteiger partial charge in [0, 0.05) is 12.4 Å². The summed E-state index contributed by atoms with van der Waals surface area (Å²) >= 11 is 0. The van der Waals surface area contributed by atoms with Gasteiger partial charge in [0.2, 0.25) is 11.6 Å². The molecule has 4 rings (SSSR count). The van der Waals surface area contributed by atoms with Crippen LogP contribution in [0.25, 0.3) is 11.6 Å². The van der Waals surface area contributed by atoms with Crippen LogP contribution < -0.4 is 37.8 Å². The largest absolute Gasteiger partial charge is 1.00 e. The molecule has 0 saturated heterocycles. The van der Waals surface area contributed by atoms with E-state index in [1.165, 1.54) is 31.6 Å². The van der Waals surface area contributed by atoms with Gasteiger partial charge >= 0.3 is 18.9 Å². The van der Waals surface area contributed by atoms with Crippen molar-refractivity contribution < 1.29 is 48.0 Å². The van der Waals surface area contributed by atoms with Gasteiger partial charge in [0.25, 0.3) is 15.9 Å². The molecular formula is C27H30LiN5O6S. The van der Waals surface area contributed by atoms with E-state index in [2.05, 4.69) is 24.7 Å². The van der Waals surface area contributed by atoms with Gasteiger partial charge < -0.3 is 20.7 Å². The Kier molecular flexibility index (Phi) is 10.1. The van der Waals surface area contributed by atoms with Crippen LogP contribution in [0.4, 0.5) is 5.82 Å². The average molecular weight is 560 g/mol. The summed E-state index contributed by atoms with van der Waals surface area (Å²) in [5, 5.41) is 9.40. The number of ether oxygens (including phenoxy) is 3. The molecular weight excluding hydrogens is 529 g/mol. The molecule has 2 N–H and O–H groups in total. The molecule has 0 bridgehead atoms. The van der Waals surface area contributed by atoms with Crippen molar-refractivity contribution in [2.24, 2.45) is 0 Å². The van der Waals surface area contributed by atoms with Gasteiger partial charge in [0.15, 0.2) is 23.1 Å². The molecule has 0 radical (unpaired) electrons. The Bertz CT molecular complexity index is 1540. The van der Waals surface area contributed by atoms with E-state index < -0.39 is 10.0 Å². The number of sulfonamides is 1. The normalized spacial score (nSPS) is 11.3. The van der Waals surface area contributed by atoms with Crippen LogP contribution >= 0.6 is 0 Å². The Morgan fingerprint density at radius 2 is 1.57 bits per heavy atom. The Balaban J connectivity index is 0.00000294. The number of benzene rings is 2.